The molecule has 0 atom stereocenters. The Hall–Kier alpha value is -1.47. The summed E-state index contributed by atoms with van der Waals surface area (Å²) in [6.07, 6.45) is 0. The minimum atomic E-state index is -0.620. The van der Waals surface area contributed by atoms with Gasteiger partial charge in [-0.25, -0.2) is 4.39 Å². The van der Waals surface area contributed by atoms with Crippen molar-refractivity contribution >= 4 is 43.2 Å². The summed E-state index contributed by atoms with van der Waals surface area (Å²) < 4.78 is 15.1. The van der Waals surface area contributed by atoms with Crippen molar-refractivity contribution < 1.29 is 9.31 Å². The first-order valence-corrected chi connectivity index (χ1v) is 7.17. The number of non-ortho nitro benzene ring substituents is 1. The zero-order valence-corrected chi connectivity index (χ0v) is 13.2. The molecule has 104 valence electrons. The minimum absolute atomic E-state index is 0.253. The second kappa shape index (κ2) is 6.32. The Bertz CT molecular complexity index is 665. The Morgan fingerprint density at radius 3 is 2.60 bits per heavy atom. The summed E-state index contributed by atoms with van der Waals surface area (Å²) >= 11 is 6.74. The van der Waals surface area contributed by atoms with Gasteiger partial charge in [-0.15, -0.1) is 0 Å². The molecule has 0 spiro atoms. The van der Waals surface area contributed by atoms with Crippen molar-refractivity contribution in [1.82, 2.24) is 0 Å². The molecule has 0 saturated heterocycles. The number of nitro benzene ring substituents is 1. The molecule has 0 heterocycles. The highest BCUT2D eigenvalue weighted by Gasteiger charge is 2.10. The van der Waals surface area contributed by atoms with Crippen LogP contribution in [-0.4, -0.2) is 4.92 Å². The highest BCUT2D eigenvalue weighted by molar-refractivity contribution is 9.11. The number of rotatable bonds is 4. The van der Waals surface area contributed by atoms with E-state index in [-0.39, 0.29) is 5.69 Å². The number of anilines is 1. The van der Waals surface area contributed by atoms with Gasteiger partial charge in [-0.05, 0) is 45.8 Å². The number of nitrogens with zero attached hydrogens (tertiary/aromatic N) is 1. The van der Waals surface area contributed by atoms with Crippen LogP contribution in [0.4, 0.5) is 15.8 Å². The number of benzene rings is 2. The van der Waals surface area contributed by atoms with Gasteiger partial charge in [-0.2, -0.15) is 0 Å². The molecule has 2 aromatic carbocycles. The maximum atomic E-state index is 13.3. The van der Waals surface area contributed by atoms with Crippen LogP contribution in [0.2, 0.25) is 0 Å². The molecule has 2 rings (SSSR count). The van der Waals surface area contributed by atoms with Crippen molar-refractivity contribution in [3.63, 3.8) is 0 Å². The average molecular weight is 404 g/mol. The fraction of sp³-hybridized carbons (Fsp3) is 0.0769. The fourth-order valence-corrected chi connectivity index (χ4v) is 2.86. The zero-order chi connectivity index (χ0) is 14.7. The van der Waals surface area contributed by atoms with E-state index in [9.17, 15) is 14.5 Å². The van der Waals surface area contributed by atoms with Crippen LogP contribution in [0.25, 0.3) is 0 Å². The molecule has 0 aliphatic rings. The van der Waals surface area contributed by atoms with E-state index in [0.717, 1.165) is 20.7 Å². The fourth-order valence-electron chi connectivity index (χ4n) is 1.67. The van der Waals surface area contributed by atoms with Gasteiger partial charge in [-0.1, -0.05) is 15.9 Å². The molecule has 0 aliphatic heterocycles. The van der Waals surface area contributed by atoms with E-state index in [4.69, 9.17) is 0 Å². The molecule has 0 aromatic heterocycles. The van der Waals surface area contributed by atoms with Crippen molar-refractivity contribution in [2.45, 2.75) is 6.54 Å². The molecule has 0 aliphatic carbocycles. The van der Waals surface area contributed by atoms with Crippen LogP contribution < -0.4 is 5.32 Å². The second-order valence-electron chi connectivity index (χ2n) is 4.05. The predicted octanol–water partition coefficient (Wildman–Crippen LogP) is 4.87. The van der Waals surface area contributed by atoms with Gasteiger partial charge in [0.25, 0.3) is 5.69 Å². The number of hydrogen-bond donors (Lipinski definition) is 1. The molecule has 0 radical (unpaired) electrons. The van der Waals surface area contributed by atoms with Crippen molar-refractivity contribution in [2.75, 3.05) is 5.32 Å². The molecule has 4 nitrogen and oxygen atoms in total. The molecule has 0 bridgehead atoms. The van der Waals surface area contributed by atoms with E-state index < -0.39 is 10.7 Å². The lowest BCUT2D eigenvalue weighted by Gasteiger charge is -2.09. The molecule has 1 N–H and O–H groups in total. The predicted molar refractivity (Wildman–Crippen MR) is 82.2 cm³/mol. The highest BCUT2D eigenvalue weighted by atomic mass is 79.9. The third-order valence-corrected chi connectivity index (χ3v) is 3.72. The monoisotopic (exact) mass is 402 g/mol. The van der Waals surface area contributed by atoms with E-state index in [1.807, 2.05) is 18.2 Å². The lowest BCUT2D eigenvalue weighted by atomic mass is 10.2. The SMILES string of the molecule is O=[N+]([O-])c1cc(F)cc(CNc2ccc(Br)cc2Br)c1. The van der Waals surface area contributed by atoms with Crippen molar-refractivity contribution in [1.29, 1.82) is 0 Å². The lowest BCUT2D eigenvalue weighted by molar-refractivity contribution is -0.385. The first-order valence-electron chi connectivity index (χ1n) is 5.58. The van der Waals surface area contributed by atoms with E-state index in [1.165, 1.54) is 12.1 Å². The van der Waals surface area contributed by atoms with Crippen molar-refractivity contribution in [3.05, 3.63) is 66.8 Å². The third-order valence-electron chi connectivity index (χ3n) is 2.57. The average Bonchev–Trinajstić information content (AvgIpc) is 2.37. The molecule has 0 fully saturated rings. The van der Waals surface area contributed by atoms with E-state index in [0.29, 0.717) is 12.1 Å². The molecule has 0 unspecified atom stereocenters. The van der Waals surface area contributed by atoms with Crippen LogP contribution in [0.5, 0.6) is 0 Å². The van der Waals surface area contributed by atoms with Crippen LogP contribution in [0.1, 0.15) is 5.56 Å². The molecule has 2 aromatic rings. The standard InChI is InChI=1S/C13H9Br2FN2O2/c14-9-1-2-13(12(15)5-9)17-7-8-3-10(16)6-11(4-8)18(19)20/h1-6,17H,7H2. The summed E-state index contributed by atoms with van der Waals surface area (Å²) in [6, 6.07) is 9.11. The topological polar surface area (TPSA) is 55.2 Å². The van der Waals surface area contributed by atoms with Gasteiger partial charge in [0.15, 0.2) is 0 Å². The normalized spacial score (nSPS) is 10.3. The van der Waals surface area contributed by atoms with Crippen LogP contribution in [-0.2, 0) is 6.54 Å². The molecule has 20 heavy (non-hydrogen) atoms. The smallest absolute Gasteiger partial charge is 0.272 e. The molecule has 7 heteroatoms. The zero-order valence-electron chi connectivity index (χ0n) is 10.1. The molecule has 0 amide bonds. The Labute approximate surface area is 131 Å². The van der Waals surface area contributed by atoms with E-state index in [1.54, 1.807) is 0 Å². The number of nitrogens with one attached hydrogen (secondary N) is 1. The Kier molecular flexibility index (Phi) is 4.72. The number of hydrogen-bond acceptors (Lipinski definition) is 3. The van der Waals surface area contributed by atoms with Crippen LogP contribution in [0, 0.1) is 15.9 Å². The summed E-state index contributed by atoms with van der Waals surface area (Å²) in [6.45, 7) is 0.291. The Balaban J connectivity index is 2.16. The van der Waals surface area contributed by atoms with Gasteiger partial charge in [-0.3, -0.25) is 10.1 Å². The summed E-state index contributed by atoms with van der Waals surface area (Å²) in [5.74, 6) is -0.620. The summed E-state index contributed by atoms with van der Waals surface area (Å²) in [7, 11) is 0. The van der Waals surface area contributed by atoms with Crippen LogP contribution in [0.15, 0.2) is 45.3 Å². The Morgan fingerprint density at radius 1 is 1.20 bits per heavy atom. The van der Waals surface area contributed by atoms with Gasteiger partial charge >= 0.3 is 0 Å². The van der Waals surface area contributed by atoms with E-state index >= 15 is 0 Å². The Morgan fingerprint density at radius 2 is 1.95 bits per heavy atom. The second-order valence-corrected chi connectivity index (χ2v) is 5.82. The number of nitro groups is 1. The van der Waals surface area contributed by atoms with E-state index in [2.05, 4.69) is 37.2 Å². The largest absolute Gasteiger partial charge is 0.380 e. The van der Waals surface area contributed by atoms with Gasteiger partial charge in [0, 0.05) is 27.2 Å². The quantitative estimate of drug-likeness (QED) is 0.585. The van der Waals surface area contributed by atoms with Gasteiger partial charge in [0.1, 0.15) is 5.82 Å². The summed E-state index contributed by atoms with van der Waals surface area (Å²) in [4.78, 5) is 10.1. The summed E-state index contributed by atoms with van der Waals surface area (Å²) in [5.41, 5.74) is 1.07. The van der Waals surface area contributed by atoms with Gasteiger partial charge in [0.05, 0.1) is 11.0 Å². The minimum Gasteiger partial charge on any atom is -0.380 e. The molecule has 0 saturated carbocycles. The van der Waals surface area contributed by atoms with Crippen LogP contribution in [0.3, 0.4) is 0 Å². The first-order chi connectivity index (χ1) is 9.45. The van der Waals surface area contributed by atoms with Crippen molar-refractivity contribution in [2.24, 2.45) is 0 Å². The first kappa shape index (κ1) is 14.9. The molecular weight excluding hydrogens is 395 g/mol. The maximum Gasteiger partial charge on any atom is 0.272 e. The highest BCUT2D eigenvalue weighted by Crippen LogP contribution is 2.27. The summed E-state index contributed by atoms with van der Waals surface area (Å²) in [5, 5.41) is 13.8. The van der Waals surface area contributed by atoms with Gasteiger partial charge < -0.3 is 5.32 Å². The third kappa shape index (κ3) is 3.77. The van der Waals surface area contributed by atoms with Crippen molar-refractivity contribution in [3.8, 4) is 0 Å². The lowest BCUT2D eigenvalue weighted by Crippen LogP contribution is -2.01. The maximum absolute atomic E-state index is 13.3. The van der Waals surface area contributed by atoms with Crippen LogP contribution >= 0.6 is 31.9 Å². The van der Waals surface area contributed by atoms with Gasteiger partial charge in [0.2, 0.25) is 0 Å². The number of halogens is 3. The molecular formula is C13H9Br2FN2O2.